The second-order valence-electron chi connectivity index (χ2n) is 3.10. The van der Waals surface area contributed by atoms with E-state index in [1.165, 1.54) is 6.07 Å². The van der Waals surface area contributed by atoms with Crippen molar-refractivity contribution in [3.63, 3.8) is 0 Å². The molecule has 0 spiro atoms. The van der Waals surface area contributed by atoms with E-state index in [0.717, 1.165) is 0 Å². The van der Waals surface area contributed by atoms with Crippen molar-refractivity contribution in [2.75, 3.05) is 17.6 Å². The van der Waals surface area contributed by atoms with Crippen molar-refractivity contribution in [1.82, 2.24) is 4.98 Å². The van der Waals surface area contributed by atoms with Crippen molar-refractivity contribution in [2.45, 2.75) is 12.3 Å². The average molecular weight is 292 g/mol. The first-order chi connectivity index (χ1) is 7.74. The Morgan fingerprint density at radius 1 is 1.35 bits per heavy atom. The molecule has 0 radical (unpaired) electrons. The number of rotatable bonds is 4. The number of halogens is 6. The Labute approximate surface area is 104 Å². The molecule has 0 bridgehead atoms. The van der Waals surface area contributed by atoms with Gasteiger partial charge in [0.15, 0.2) is 0 Å². The lowest BCUT2D eigenvalue weighted by Gasteiger charge is -2.16. The molecule has 0 saturated carbocycles. The van der Waals surface area contributed by atoms with Gasteiger partial charge in [0, 0.05) is 0 Å². The first-order valence-corrected chi connectivity index (χ1v) is 5.01. The summed E-state index contributed by atoms with van der Waals surface area (Å²) in [4.78, 5) is 3.56. The van der Waals surface area contributed by atoms with Crippen LogP contribution in [0.3, 0.4) is 0 Å². The van der Waals surface area contributed by atoms with Crippen LogP contribution in [0.25, 0.3) is 0 Å². The number of pyridine rings is 1. The van der Waals surface area contributed by atoms with Gasteiger partial charge in [-0.2, -0.15) is 8.78 Å². The van der Waals surface area contributed by atoms with Gasteiger partial charge in [-0.1, -0.05) is 23.2 Å². The Hall–Kier alpha value is -0.950. The van der Waals surface area contributed by atoms with Crippen LogP contribution in [0.4, 0.5) is 29.2 Å². The first-order valence-electron chi connectivity index (χ1n) is 4.25. The number of nitrogens with one attached hydrogen (secondary N) is 1. The van der Waals surface area contributed by atoms with E-state index in [1.54, 1.807) is 0 Å². The largest absolute Gasteiger partial charge is 0.382 e. The molecule has 0 fully saturated rings. The molecule has 0 atom stereocenters. The number of anilines is 2. The van der Waals surface area contributed by atoms with Gasteiger partial charge >= 0.3 is 12.3 Å². The molecule has 96 valence electrons. The number of hydrogen-bond acceptors (Lipinski definition) is 3. The van der Waals surface area contributed by atoms with Crippen LogP contribution in [0.5, 0.6) is 0 Å². The van der Waals surface area contributed by atoms with Gasteiger partial charge in [-0.05, 0) is 6.07 Å². The van der Waals surface area contributed by atoms with Crippen molar-refractivity contribution < 1.29 is 17.6 Å². The summed E-state index contributed by atoms with van der Waals surface area (Å²) in [5.41, 5.74) is 5.31. The standard InChI is InChI=1S/C8H7Cl2F4N3/c9-3-1-4(10)6(17-5(3)15)16-2-8(13,14)7(11)12/h1,7H,2H2,(H3,15,16,17). The normalized spacial score (nSPS) is 11.9. The van der Waals surface area contributed by atoms with Gasteiger partial charge in [0.1, 0.15) is 11.6 Å². The van der Waals surface area contributed by atoms with Crippen LogP contribution in [0.2, 0.25) is 10.0 Å². The van der Waals surface area contributed by atoms with E-state index >= 15 is 0 Å². The lowest BCUT2D eigenvalue weighted by Crippen LogP contribution is -2.35. The maximum absolute atomic E-state index is 12.6. The summed E-state index contributed by atoms with van der Waals surface area (Å²) >= 11 is 11.2. The highest BCUT2D eigenvalue weighted by molar-refractivity contribution is 6.37. The minimum Gasteiger partial charge on any atom is -0.382 e. The molecule has 1 rings (SSSR count). The lowest BCUT2D eigenvalue weighted by molar-refractivity contribution is -0.117. The zero-order valence-electron chi connectivity index (χ0n) is 8.15. The lowest BCUT2D eigenvalue weighted by atomic mass is 10.3. The quantitative estimate of drug-likeness (QED) is 0.837. The molecule has 0 unspecified atom stereocenters. The molecule has 9 heteroatoms. The summed E-state index contributed by atoms with van der Waals surface area (Å²) in [5, 5.41) is 1.95. The van der Waals surface area contributed by atoms with Crippen molar-refractivity contribution in [3.8, 4) is 0 Å². The Kier molecular flexibility index (Phi) is 4.26. The topological polar surface area (TPSA) is 50.9 Å². The van der Waals surface area contributed by atoms with Gasteiger partial charge in [-0.15, -0.1) is 0 Å². The number of nitrogens with zero attached hydrogens (tertiary/aromatic N) is 1. The predicted octanol–water partition coefficient (Wildman–Crippen LogP) is 3.28. The van der Waals surface area contributed by atoms with Gasteiger partial charge in [-0.3, -0.25) is 0 Å². The third-order valence-electron chi connectivity index (χ3n) is 1.77. The number of alkyl halides is 4. The fourth-order valence-electron chi connectivity index (χ4n) is 0.884. The Balaban J connectivity index is 2.80. The molecule has 0 aliphatic carbocycles. The van der Waals surface area contributed by atoms with Gasteiger partial charge in [0.25, 0.3) is 0 Å². The molecule has 1 heterocycles. The molecule has 3 nitrogen and oxygen atoms in total. The molecule has 0 aromatic carbocycles. The summed E-state index contributed by atoms with van der Waals surface area (Å²) < 4.78 is 48.9. The van der Waals surface area contributed by atoms with Crippen LogP contribution >= 0.6 is 23.2 Å². The second kappa shape index (κ2) is 5.14. The highest BCUT2D eigenvalue weighted by atomic mass is 35.5. The molecule has 0 aliphatic rings. The van der Waals surface area contributed by atoms with Crippen LogP contribution in [0.15, 0.2) is 6.07 Å². The number of nitrogen functional groups attached to an aromatic ring is 1. The molecule has 17 heavy (non-hydrogen) atoms. The van der Waals surface area contributed by atoms with Gasteiger partial charge in [0.05, 0.1) is 16.6 Å². The van der Waals surface area contributed by atoms with Crippen molar-refractivity contribution in [2.24, 2.45) is 0 Å². The Bertz CT molecular complexity index is 414. The minimum atomic E-state index is -4.18. The molecular formula is C8H7Cl2F4N3. The van der Waals surface area contributed by atoms with Gasteiger partial charge < -0.3 is 11.1 Å². The summed E-state index contributed by atoms with van der Waals surface area (Å²) in [6.07, 6.45) is -3.78. The van der Waals surface area contributed by atoms with Crippen molar-refractivity contribution in [3.05, 3.63) is 16.1 Å². The summed E-state index contributed by atoms with van der Waals surface area (Å²) in [7, 11) is 0. The summed E-state index contributed by atoms with van der Waals surface area (Å²) in [6.45, 7) is -1.31. The fourth-order valence-corrected chi connectivity index (χ4v) is 1.31. The molecule has 3 N–H and O–H groups in total. The van der Waals surface area contributed by atoms with Crippen LogP contribution in [0.1, 0.15) is 0 Å². The van der Waals surface area contributed by atoms with E-state index in [2.05, 4.69) is 4.98 Å². The van der Waals surface area contributed by atoms with Crippen molar-refractivity contribution in [1.29, 1.82) is 0 Å². The van der Waals surface area contributed by atoms with Crippen LogP contribution in [0, 0.1) is 0 Å². The maximum Gasteiger partial charge on any atom is 0.324 e. The highest BCUT2D eigenvalue weighted by Gasteiger charge is 2.40. The van der Waals surface area contributed by atoms with Crippen LogP contribution in [-0.2, 0) is 0 Å². The van der Waals surface area contributed by atoms with E-state index in [-0.39, 0.29) is 21.7 Å². The van der Waals surface area contributed by atoms with Crippen molar-refractivity contribution >= 4 is 34.8 Å². The smallest absolute Gasteiger partial charge is 0.324 e. The number of aromatic nitrogens is 1. The highest BCUT2D eigenvalue weighted by Crippen LogP contribution is 2.29. The average Bonchev–Trinajstić information content (AvgIpc) is 2.21. The molecule has 0 saturated heterocycles. The molecule has 0 amide bonds. The fraction of sp³-hybridized carbons (Fsp3) is 0.375. The second-order valence-corrected chi connectivity index (χ2v) is 3.92. The molecular weight excluding hydrogens is 285 g/mol. The Morgan fingerprint density at radius 2 is 1.94 bits per heavy atom. The minimum absolute atomic E-state index is 0.0427. The van der Waals surface area contributed by atoms with Crippen LogP contribution < -0.4 is 11.1 Å². The van der Waals surface area contributed by atoms with E-state index in [0.29, 0.717) is 0 Å². The third-order valence-corrected chi connectivity index (χ3v) is 2.36. The maximum atomic E-state index is 12.6. The predicted molar refractivity (Wildman–Crippen MR) is 58.1 cm³/mol. The first kappa shape index (κ1) is 14.1. The number of hydrogen-bond donors (Lipinski definition) is 2. The molecule has 1 aromatic heterocycles. The van der Waals surface area contributed by atoms with E-state index in [9.17, 15) is 17.6 Å². The summed E-state index contributed by atoms with van der Waals surface area (Å²) in [5.74, 6) is -4.55. The van der Waals surface area contributed by atoms with Gasteiger partial charge in [0.2, 0.25) is 0 Å². The van der Waals surface area contributed by atoms with E-state index < -0.39 is 18.9 Å². The third kappa shape index (κ3) is 3.50. The monoisotopic (exact) mass is 291 g/mol. The zero-order valence-corrected chi connectivity index (χ0v) is 9.67. The Morgan fingerprint density at radius 3 is 2.47 bits per heavy atom. The molecule has 0 aliphatic heterocycles. The van der Waals surface area contributed by atoms with E-state index in [4.69, 9.17) is 28.9 Å². The SMILES string of the molecule is Nc1nc(NCC(F)(F)C(F)F)c(Cl)cc1Cl. The summed E-state index contributed by atoms with van der Waals surface area (Å²) in [6, 6.07) is 1.17. The molecule has 1 aromatic rings. The van der Waals surface area contributed by atoms with E-state index in [1.807, 2.05) is 5.32 Å². The number of nitrogens with two attached hydrogens (primary N) is 1. The van der Waals surface area contributed by atoms with Crippen LogP contribution in [-0.4, -0.2) is 23.9 Å². The van der Waals surface area contributed by atoms with Gasteiger partial charge in [-0.25, -0.2) is 13.8 Å². The zero-order chi connectivity index (χ0) is 13.2.